The van der Waals surface area contributed by atoms with Crippen molar-refractivity contribution in [3.63, 3.8) is 0 Å². The van der Waals surface area contributed by atoms with Crippen LogP contribution < -0.4 is 0 Å². The highest BCUT2D eigenvalue weighted by Gasteiger charge is 2.20. The van der Waals surface area contributed by atoms with Crippen LogP contribution in [0.15, 0.2) is 24.4 Å². The van der Waals surface area contributed by atoms with Crippen molar-refractivity contribution in [3.8, 4) is 0 Å². The van der Waals surface area contributed by atoms with Crippen molar-refractivity contribution in [1.82, 2.24) is 4.57 Å². The third-order valence-corrected chi connectivity index (χ3v) is 5.78. The normalized spacial score (nSPS) is 12.2. The SMILES string of the molecule is CCn1cc(CS(=O)(=O)C(C)C)c2cc(C(=O)O)ccc21. The van der Waals surface area contributed by atoms with E-state index >= 15 is 0 Å². The van der Waals surface area contributed by atoms with Gasteiger partial charge in [-0.3, -0.25) is 0 Å². The highest BCUT2D eigenvalue weighted by atomic mass is 32.2. The molecule has 0 aliphatic carbocycles. The molecule has 0 saturated heterocycles. The van der Waals surface area contributed by atoms with Crippen molar-refractivity contribution < 1.29 is 18.3 Å². The Balaban J connectivity index is 2.62. The summed E-state index contributed by atoms with van der Waals surface area (Å²) in [5.41, 5.74) is 1.68. The monoisotopic (exact) mass is 309 g/mol. The van der Waals surface area contributed by atoms with Gasteiger partial charge < -0.3 is 9.67 Å². The van der Waals surface area contributed by atoms with Crippen LogP contribution in [0.3, 0.4) is 0 Å². The lowest BCUT2D eigenvalue weighted by molar-refractivity contribution is 0.0697. The zero-order valence-corrected chi connectivity index (χ0v) is 13.1. The van der Waals surface area contributed by atoms with Crippen molar-refractivity contribution in [1.29, 1.82) is 0 Å². The van der Waals surface area contributed by atoms with Gasteiger partial charge >= 0.3 is 5.97 Å². The molecule has 114 valence electrons. The Morgan fingerprint density at radius 1 is 1.33 bits per heavy atom. The molecule has 0 fully saturated rings. The van der Waals surface area contributed by atoms with Gasteiger partial charge in [0.05, 0.1) is 16.6 Å². The predicted octanol–water partition coefficient (Wildman–Crippen LogP) is 2.68. The maximum Gasteiger partial charge on any atom is 0.335 e. The molecule has 0 bridgehead atoms. The Bertz CT molecular complexity index is 787. The third-order valence-electron chi connectivity index (χ3n) is 3.63. The first kappa shape index (κ1) is 15.6. The topological polar surface area (TPSA) is 76.4 Å². The average molecular weight is 309 g/mol. The molecule has 0 spiro atoms. The van der Waals surface area contributed by atoms with E-state index < -0.39 is 21.1 Å². The number of carboxylic acid groups (broad SMARTS) is 1. The molecule has 1 aromatic heterocycles. The van der Waals surface area contributed by atoms with Gasteiger partial charge in [0.15, 0.2) is 9.84 Å². The Morgan fingerprint density at radius 2 is 2.00 bits per heavy atom. The molecular weight excluding hydrogens is 290 g/mol. The summed E-state index contributed by atoms with van der Waals surface area (Å²) in [6.07, 6.45) is 1.80. The summed E-state index contributed by atoms with van der Waals surface area (Å²) >= 11 is 0. The van der Waals surface area contributed by atoms with Crippen molar-refractivity contribution >= 4 is 26.7 Å². The second-order valence-electron chi connectivity index (χ2n) is 5.33. The smallest absolute Gasteiger partial charge is 0.335 e. The minimum Gasteiger partial charge on any atom is -0.478 e. The van der Waals surface area contributed by atoms with Crippen LogP contribution in [-0.4, -0.2) is 29.3 Å². The third kappa shape index (κ3) is 2.95. The van der Waals surface area contributed by atoms with E-state index in [2.05, 4.69) is 0 Å². The van der Waals surface area contributed by atoms with Gasteiger partial charge in [0.2, 0.25) is 0 Å². The van der Waals surface area contributed by atoms with E-state index in [-0.39, 0.29) is 11.3 Å². The summed E-state index contributed by atoms with van der Waals surface area (Å²) in [6, 6.07) is 4.82. The summed E-state index contributed by atoms with van der Waals surface area (Å²) in [4.78, 5) is 11.1. The van der Waals surface area contributed by atoms with Crippen LogP contribution in [0.2, 0.25) is 0 Å². The van der Waals surface area contributed by atoms with Crippen molar-refractivity contribution in [2.24, 2.45) is 0 Å². The van der Waals surface area contributed by atoms with Crippen LogP contribution in [0.1, 0.15) is 36.7 Å². The number of fused-ring (bicyclic) bond motifs is 1. The van der Waals surface area contributed by atoms with Gasteiger partial charge in [-0.25, -0.2) is 13.2 Å². The van der Waals surface area contributed by atoms with Crippen LogP contribution in [0.25, 0.3) is 10.9 Å². The summed E-state index contributed by atoms with van der Waals surface area (Å²) in [7, 11) is -3.23. The van der Waals surface area contributed by atoms with E-state index in [9.17, 15) is 13.2 Å². The molecule has 0 amide bonds. The molecular formula is C15H19NO4S. The predicted molar refractivity (Wildman–Crippen MR) is 82.3 cm³/mol. The fraction of sp³-hybridized carbons (Fsp3) is 0.400. The highest BCUT2D eigenvalue weighted by molar-refractivity contribution is 7.91. The van der Waals surface area contributed by atoms with Crippen molar-refractivity contribution in [2.45, 2.75) is 38.3 Å². The second-order valence-corrected chi connectivity index (χ2v) is 7.89. The van der Waals surface area contributed by atoms with Crippen LogP contribution in [0, 0.1) is 0 Å². The molecule has 1 aromatic carbocycles. The Kier molecular flexibility index (Phi) is 4.09. The summed E-state index contributed by atoms with van der Waals surface area (Å²) in [6.45, 7) is 5.96. The zero-order chi connectivity index (χ0) is 15.8. The van der Waals surface area contributed by atoms with E-state index in [0.717, 1.165) is 5.52 Å². The lowest BCUT2D eigenvalue weighted by Gasteiger charge is -2.06. The van der Waals surface area contributed by atoms with Crippen LogP contribution in [0.5, 0.6) is 0 Å². The molecule has 6 heteroatoms. The van der Waals surface area contributed by atoms with Crippen molar-refractivity contribution in [3.05, 3.63) is 35.5 Å². The summed E-state index contributed by atoms with van der Waals surface area (Å²) < 4.78 is 26.2. The van der Waals surface area contributed by atoms with Gasteiger partial charge in [-0.2, -0.15) is 0 Å². The Labute approximate surface area is 124 Å². The van der Waals surface area contributed by atoms with Gasteiger partial charge in [-0.15, -0.1) is 0 Å². The number of aromatic nitrogens is 1. The van der Waals surface area contributed by atoms with Gasteiger partial charge in [0, 0.05) is 23.6 Å². The molecule has 1 heterocycles. The fourth-order valence-corrected chi connectivity index (χ4v) is 3.26. The average Bonchev–Trinajstić information content (AvgIpc) is 2.75. The number of aromatic carboxylic acids is 1. The van der Waals surface area contributed by atoms with Crippen LogP contribution >= 0.6 is 0 Å². The molecule has 2 aromatic rings. The number of aryl methyl sites for hydroxylation is 1. The number of benzene rings is 1. The number of carbonyl (C=O) groups is 1. The lowest BCUT2D eigenvalue weighted by Crippen LogP contribution is -2.15. The largest absolute Gasteiger partial charge is 0.478 e. The lowest BCUT2D eigenvalue weighted by atomic mass is 10.1. The second kappa shape index (κ2) is 5.52. The molecule has 1 N–H and O–H groups in total. The molecule has 0 aliphatic heterocycles. The van der Waals surface area contributed by atoms with Crippen molar-refractivity contribution in [2.75, 3.05) is 0 Å². The molecule has 2 rings (SSSR count). The maximum absolute atomic E-state index is 12.1. The number of carboxylic acids is 1. The summed E-state index contributed by atoms with van der Waals surface area (Å²) in [5.74, 6) is -1.09. The Hall–Kier alpha value is -1.82. The quantitative estimate of drug-likeness (QED) is 0.921. The molecule has 0 radical (unpaired) electrons. The maximum atomic E-state index is 12.1. The van der Waals surface area contributed by atoms with Crippen LogP contribution in [-0.2, 0) is 22.1 Å². The van der Waals surface area contributed by atoms with E-state index in [0.29, 0.717) is 17.5 Å². The zero-order valence-electron chi connectivity index (χ0n) is 12.3. The van der Waals surface area contributed by atoms with E-state index in [4.69, 9.17) is 5.11 Å². The van der Waals surface area contributed by atoms with E-state index in [1.807, 2.05) is 11.5 Å². The molecule has 21 heavy (non-hydrogen) atoms. The number of hydrogen-bond donors (Lipinski definition) is 1. The first-order valence-corrected chi connectivity index (χ1v) is 8.54. The van der Waals surface area contributed by atoms with E-state index in [1.54, 1.807) is 32.2 Å². The first-order valence-electron chi connectivity index (χ1n) is 6.83. The fourth-order valence-electron chi connectivity index (χ4n) is 2.26. The molecule has 0 aliphatic rings. The minimum absolute atomic E-state index is 0.0722. The highest BCUT2D eigenvalue weighted by Crippen LogP contribution is 2.25. The summed E-state index contributed by atoms with van der Waals surface area (Å²) in [5, 5.41) is 9.33. The van der Waals surface area contributed by atoms with Crippen LogP contribution in [0.4, 0.5) is 0 Å². The van der Waals surface area contributed by atoms with Gasteiger partial charge in [-0.05, 0) is 44.5 Å². The standard InChI is InChI=1S/C15H19NO4S/c1-4-16-8-12(9-21(19,20)10(2)3)13-7-11(15(17)18)5-6-14(13)16/h5-8,10H,4,9H2,1-3H3,(H,17,18). The number of sulfone groups is 1. The first-order chi connectivity index (χ1) is 9.76. The molecule has 0 unspecified atom stereocenters. The molecule has 5 nitrogen and oxygen atoms in total. The van der Waals surface area contributed by atoms with E-state index in [1.165, 1.54) is 6.07 Å². The minimum atomic E-state index is -3.23. The van der Waals surface area contributed by atoms with Gasteiger partial charge in [0.1, 0.15) is 0 Å². The van der Waals surface area contributed by atoms with Gasteiger partial charge in [0.25, 0.3) is 0 Å². The molecule has 0 atom stereocenters. The number of nitrogens with zero attached hydrogens (tertiary/aromatic N) is 1. The van der Waals surface area contributed by atoms with Gasteiger partial charge in [-0.1, -0.05) is 0 Å². The Morgan fingerprint density at radius 3 is 2.52 bits per heavy atom. The number of rotatable bonds is 5. The molecule has 0 saturated carbocycles. The number of hydrogen-bond acceptors (Lipinski definition) is 3.